The number of fused-ring (bicyclic) bond motifs is 1. The van der Waals surface area contributed by atoms with E-state index in [1.54, 1.807) is 18.3 Å². The topological polar surface area (TPSA) is 85.5 Å². The van der Waals surface area contributed by atoms with Gasteiger partial charge in [-0.05, 0) is 49.1 Å². The number of hydrogen-bond donors (Lipinski definition) is 1. The Morgan fingerprint density at radius 2 is 2.05 bits per heavy atom. The highest BCUT2D eigenvalue weighted by molar-refractivity contribution is 6.02. The number of morpholine rings is 1. The summed E-state index contributed by atoms with van der Waals surface area (Å²) in [6.45, 7) is 8.78. The third-order valence-corrected chi connectivity index (χ3v) is 7.95. The molecule has 3 aromatic rings. The molecule has 41 heavy (non-hydrogen) atoms. The Kier molecular flexibility index (Phi) is 9.06. The molecule has 1 saturated carbocycles. The summed E-state index contributed by atoms with van der Waals surface area (Å²) in [5.41, 5.74) is 1.97. The summed E-state index contributed by atoms with van der Waals surface area (Å²) < 4.78 is 33.3. The molecule has 1 aromatic carbocycles. The molecule has 1 N–H and O–H groups in total. The zero-order chi connectivity index (χ0) is 29.0. The van der Waals surface area contributed by atoms with Crippen molar-refractivity contribution in [2.75, 3.05) is 40.0 Å². The summed E-state index contributed by atoms with van der Waals surface area (Å²) in [6, 6.07) is 7.21. The van der Waals surface area contributed by atoms with Crippen LogP contribution in [0.15, 0.2) is 49.3 Å². The standard InChI is InChI=1S/C32H40FN3O5/c1-4-6-29(33)41-28-18-23(17-27(39-3)31(28)26(37)8-5-7-22-9-10-22)25-20-34-30-19-24(11-12-36(25)30)32(2,38)21-35-13-15-40-16-14-35/h4,11-12,17-20,22,29,38H,1,5-10,13-16,21H2,2-3H3. The van der Waals surface area contributed by atoms with E-state index in [2.05, 4.69) is 16.5 Å². The molecule has 0 bridgehead atoms. The number of carbonyl (C=O) groups excluding carboxylic acids is 1. The molecule has 3 heterocycles. The van der Waals surface area contributed by atoms with Gasteiger partial charge in [-0.15, -0.1) is 6.58 Å². The molecular weight excluding hydrogens is 525 g/mol. The van der Waals surface area contributed by atoms with Crippen LogP contribution in [0, 0.1) is 5.92 Å². The van der Waals surface area contributed by atoms with Crippen molar-refractivity contribution in [1.82, 2.24) is 14.3 Å². The fourth-order valence-electron chi connectivity index (χ4n) is 5.48. The molecule has 1 aliphatic heterocycles. The van der Waals surface area contributed by atoms with Crippen LogP contribution in [0.5, 0.6) is 11.5 Å². The lowest BCUT2D eigenvalue weighted by molar-refractivity contribution is -0.0253. The van der Waals surface area contributed by atoms with Gasteiger partial charge in [0.25, 0.3) is 0 Å². The maximum Gasteiger partial charge on any atom is 0.241 e. The molecule has 0 spiro atoms. The molecule has 5 rings (SSSR count). The number of nitrogens with zero attached hydrogens (tertiary/aromatic N) is 3. The average molecular weight is 566 g/mol. The monoisotopic (exact) mass is 565 g/mol. The smallest absolute Gasteiger partial charge is 0.241 e. The van der Waals surface area contributed by atoms with Gasteiger partial charge in [-0.3, -0.25) is 14.1 Å². The SMILES string of the molecule is C=CCC(F)Oc1cc(-c2cnc3cc(C(C)(O)CN4CCOCC4)ccn23)cc(OC)c1C(=O)CCCC1CC1. The van der Waals surface area contributed by atoms with E-state index in [9.17, 15) is 14.3 Å². The van der Waals surface area contributed by atoms with Gasteiger partial charge in [-0.25, -0.2) is 9.37 Å². The Labute approximate surface area is 240 Å². The number of ketones is 1. The fraction of sp³-hybridized carbons (Fsp3) is 0.500. The lowest BCUT2D eigenvalue weighted by Crippen LogP contribution is -2.44. The number of halogens is 1. The third-order valence-electron chi connectivity index (χ3n) is 7.95. The van der Waals surface area contributed by atoms with Crippen LogP contribution in [0.3, 0.4) is 0 Å². The minimum atomic E-state index is -1.65. The molecule has 0 radical (unpaired) electrons. The lowest BCUT2D eigenvalue weighted by atomic mass is 9.96. The Bertz CT molecular complexity index is 1380. The van der Waals surface area contributed by atoms with E-state index in [0.717, 1.165) is 43.1 Å². The highest BCUT2D eigenvalue weighted by Crippen LogP contribution is 2.39. The number of Topliss-reactive ketones (excluding diaryl/α,β-unsaturated/α-hetero) is 1. The Morgan fingerprint density at radius 3 is 2.76 bits per heavy atom. The molecule has 2 aliphatic rings. The van der Waals surface area contributed by atoms with Crippen LogP contribution < -0.4 is 9.47 Å². The second kappa shape index (κ2) is 12.7. The Balaban J connectivity index is 1.46. The molecule has 0 amide bonds. The van der Waals surface area contributed by atoms with Gasteiger partial charge in [0.05, 0.1) is 37.8 Å². The summed E-state index contributed by atoms with van der Waals surface area (Å²) >= 11 is 0. The maximum absolute atomic E-state index is 14.7. The molecule has 8 nitrogen and oxygen atoms in total. The van der Waals surface area contributed by atoms with Crippen LogP contribution in [0.1, 0.15) is 61.4 Å². The molecule has 1 aliphatic carbocycles. The first-order chi connectivity index (χ1) is 19.8. The first-order valence-electron chi connectivity index (χ1n) is 14.5. The summed E-state index contributed by atoms with van der Waals surface area (Å²) in [7, 11) is 1.50. The van der Waals surface area contributed by atoms with Gasteiger partial charge in [0.15, 0.2) is 5.78 Å². The van der Waals surface area contributed by atoms with Crippen molar-refractivity contribution in [2.45, 2.75) is 57.4 Å². The summed E-state index contributed by atoms with van der Waals surface area (Å²) in [6.07, 6.45) is 7.98. The molecule has 2 atom stereocenters. The average Bonchev–Trinajstić information content (AvgIpc) is 3.68. The van der Waals surface area contributed by atoms with Gasteiger partial charge in [0.1, 0.15) is 22.7 Å². The van der Waals surface area contributed by atoms with Crippen LogP contribution in [0.4, 0.5) is 4.39 Å². The number of benzene rings is 1. The predicted octanol–water partition coefficient (Wildman–Crippen LogP) is 5.56. The number of hydrogen-bond acceptors (Lipinski definition) is 7. The van der Waals surface area contributed by atoms with E-state index in [0.29, 0.717) is 43.1 Å². The van der Waals surface area contributed by atoms with Crippen LogP contribution >= 0.6 is 0 Å². The molecule has 2 unspecified atom stereocenters. The van der Waals surface area contributed by atoms with Crippen LogP contribution in [-0.2, 0) is 10.3 Å². The van der Waals surface area contributed by atoms with E-state index in [1.807, 2.05) is 29.7 Å². The Hall–Kier alpha value is -3.27. The molecule has 9 heteroatoms. The quantitative estimate of drug-likeness (QED) is 0.202. The largest absolute Gasteiger partial charge is 0.496 e. The van der Waals surface area contributed by atoms with Crippen molar-refractivity contribution < 1.29 is 28.5 Å². The number of pyridine rings is 1. The zero-order valence-electron chi connectivity index (χ0n) is 24.0. The minimum Gasteiger partial charge on any atom is -0.496 e. The first-order valence-corrected chi connectivity index (χ1v) is 14.5. The first kappa shape index (κ1) is 29.2. The second-order valence-electron chi connectivity index (χ2n) is 11.3. The third kappa shape index (κ3) is 6.97. The summed E-state index contributed by atoms with van der Waals surface area (Å²) in [5.74, 6) is 1.08. The van der Waals surface area contributed by atoms with Gasteiger partial charge >= 0.3 is 0 Å². The number of aliphatic hydroxyl groups is 1. The number of β-amino-alcohol motifs (C(OH)–C–C–N with tert-alkyl or cyclic N) is 1. The van der Waals surface area contributed by atoms with E-state index < -0.39 is 12.0 Å². The molecule has 220 valence electrons. The predicted molar refractivity (Wildman–Crippen MR) is 155 cm³/mol. The van der Waals surface area contributed by atoms with Crippen molar-refractivity contribution in [3.05, 3.63) is 60.4 Å². The molecule has 2 fully saturated rings. The van der Waals surface area contributed by atoms with Crippen molar-refractivity contribution in [3.8, 4) is 22.8 Å². The van der Waals surface area contributed by atoms with E-state index >= 15 is 0 Å². The number of carbonyl (C=O) groups is 1. The van der Waals surface area contributed by atoms with E-state index in [-0.39, 0.29) is 23.5 Å². The second-order valence-corrected chi connectivity index (χ2v) is 11.3. The normalized spacial score (nSPS) is 18.1. The Morgan fingerprint density at radius 1 is 1.29 bits per heavy atom. The van der Waals surface area contributed by atoms with Gasteiger partial charge in [-0.2, -0.15) is 0 Å². The zero-order valence-corrected chi connectivity index (χ0v) is 24.0. The van der Waals surface area contributed by atoms with Crippen LogP contribution in [-0.4, -0.2) is 71.5 Å². The summed E-state index contributed by atoms with van der Waals surface area (Å²) in [5, 5.41) is 11.3. The maximum atomic E-state index is 14.7. The number of rotatable bonds is 14. The van der Waals surface area contributed by atoms with E-state index in [4.69, 9.17) is 14.2 Å². The van der Waals surface area contributed by atoms with Crippen molar-refractivity contribution in [3.63, 3.8) is 0 Å². The van der Waals surface area contributed by atoms with Crippen LogP contribution in [0.25, 0.3) is 16.9 Å². The fourth-order valence-corrected chi connectivity index (χ4v) is 5.48. The number of methoxy groups -OCH3 is 1. The molecule has 1 saturated heterocycles. The van der Waals surface area contributed by atoms with Crippen LogP contribution in [0.2, 0.25) is 0 Å². The highest BCUT2D eigenvalue weighted by Gasteiger charge is 2.29. The highest BCUT2D eigenvalue weighted by atomic mass is 19.1. The van der Waals surface area contributed by atoms with Gasteiger partial charge in [-0.1, -0.05) is 25.3 Å². The number of imidazole rings is 1. The number of ether oxygens (including phenoxy) is 3. The van der Waals surface area contributed by atoms with Crippen molar-refractivity contribution >= 4 is 11.4 Å². The van der Waals surface area contributed by atoms with Crippen molar-refractivity contribution in [2.24, 2.45) is 5.92 Å². The minimum absolute atomic E-state index is 0.00930. The lowest BCUT2D eigenvalue weighted by Gasteiger charge is -2.34. The molecular formula is C32H40FN3O5. The van der Waals surface area contributed by atoms with Gasteiger partial charge < -0.3 is 19.3 Å². The summed E-state index contributed by atoms with van der Waals surface area (Å²) in [4.78, 5) is 20.1. The van der Waals surface area contributed by atoms with E-state index in [1.165, 1.54) is 26.0 Å². The van der Waals surface area contributed by atoms with Gasteiger partial charge in [0.2, 0.25) is 6.36 Å². The van der Waals surface area contributed by atoms with Gasteiger partial charge in [0, 0.05) is 44.2 Å². The van der Waals surface area contributed by atoms with Crippen molar-refractivity contribution in [1.29, 1.82) is 0 Å². The number of aromatic nitrogens is 2. The molecule has 2 aromatic heterocycles. The number of alkyl halides is 1.